The van der Waals surface area contributed by atoms with E-state index in [-0.39, 0.29) is 0 Å². The van der Waals surface area contributed by atoms with Crippen molar-refractivity contribution in [2.24, 2.45) is 0 Å². The van der Waals surface area contributed by atoms with Crippen molar-refractivity contribution in [1.29, 1.82) is 0 Å². The van der Waals surface area contributed by atoms with Crippen LogP contribution >= 0.6 is 0 Å². The number of fused-ring (bicyclic) bond motifs is 2. The minimum atomic E-state index is 0.484. The number of para-hydroxylation sites is 2. The number of aromatic nitrogens is 2. The molecule has 0 bridgehead atoms. The molecule has 0 N–H and O–H groups in total. The van der Waals surface area contributed by atoms with E-state index in [1.807, 2.05) is 0 Å². The number of ether oxygens (including phenoxy) is 1. The maximum Gasteiger partial charge on any atom is 0.120 e. The standard InChI is InChI=1S/C24H26N2O/c1-3-18(4-2)24-25-22-11-7-8-12-23(22)26(24)15-16-27-21-14-13-19-9-5-6-10-20(19)17-21/h5-14,17-18H,3-4,15-16H2,1-2H3. The van der Waals surface area contributed by atoms with Crippen LogP contribution < -0.4 is 4.74 Å². The first kappa shape index (κ1) is 17.6. The summed E-state index contributed by atoms with van der Waals surface area (Å²) in [4.78, 5) is 4.93. The Morgan fingerprint density at radius 1 is 0.889 bits per heavy atom. The molecule has 0 unspecified atom stereocenters. The van der Waals surface area contributed by atoms with Gasteiger partial charge in [0.2, 0.25) is 0 Å². The zero-order chi connectivity index (χ0) is 18.6. The number of nitrogens with zero attached hydrogens (tertiary/aromatic N) is 2. The van der Waals surface area contributed by atoms with Gasteiger partial charge in [-0.1, -0.05) is 56.3 Å². The molecule has 3 aromatic carbocycles. The molecule has 0 fully saturated rings. The molecule has 27 heavy (non-hydrogen) atoms. The lowest BCUT2D eigenvalue weighted by Gasteiger charge is -2.16. The molecule has 0 aliphatic heterocycles. The highest BCUT2D eigenvalue weighted by atomic mass is 16.5. The van der Waals surface area contributed by atoms with Crippen LogP contribution in [0.1, 0.15) is 38.4 Å². The average molecular weight is 358 g/mol. The highest BCUT2D eigenvalue weighted by molar-refractivity contribution is 5.83. The van der Waals surface area contributed by atoms with Crippen molar-refractivity contribution >= 4 is 21.8 Å². The number of imidazole rings is 1. The summed E-state index contributed by atoms with van der Waals surface area (Å²) in [5.74, 6) is 2.59. The number of rotatable bonds is 7. The zero-order valence-corrected chi connectivity index (χ0v) is 16.1. The largest absolute Gasteiger partial charge is 0.492 e. The van der Waals surface area contributed by atoms with Crippen LogP contribution in [0.15, 0.2) is 66.7 Å². The SMILES string of the molecule is CCC(CC)c1nc2ccccc2n1CCOc1ccc2ccccc2c1. The minimum Gasteiger partial charge on any atom is -0.492 e. The second-order valence-electron chi connectivity index (χ2n) is 6.98. The van der Waals surface area contributed by atoms with Gasteiger partial charge in [0.25, 0.3) is 0 Å². The van der Waals surface area contributed by atoms with Gasteiger partial charge >= 0.3 is 0 Å². The fraction of sp³-hybridized carbons (Fsp3) is 0.292. The topological polar surface area (TPSA) is 27.1 Å². The Bertz CT molecular complexity index is 1050. The van der Waals surface area contributed by atoms with Crippen molar-refractivity contribution in [3.05, 3.63) is 72.6 Å². The van der Waals surface area contributed by atoms with Crippen LogP contribution in [0.3, 0.4) is 0 Å². The summed E-state index contributed by atoms with van der Waals surface area (Å²) in [7, 11) is 0. The van der Waals surface area contributed by atoms with Crippen molar-refractivity contribution in [1.82, 2.24) is 9.55 Å². The number of benzene rings is 3. The molecule has 0 saturated carbocycles. The van der Waals surface area contributed by atoms with Gasteiger partial charge in [0.05, 0.1) is 17.6 Å². The van der Waals surface area contributed by atoms with Crippen molar-refractivity contribution in [2.45, 2.75) is 39.2 Å². The predicted molar refractivity (Wildman–Crippen MR) is 112 cm³/mol. The minimum absolute atomic E-state index is 0.484. The Morgan fingerprint density at radius 2 is 1.63 bits per heavy atom. The molecule has 0 amide bonds. The lowest BCUT2D eigenvalue weighted by molar-refractivity contribution is 0.297. The molecule has 0 atom stereocenters. The van der Waals surface area contributed by atoms with Crippen LogP contribution in [0.4, 0.5) is 0 Å². The third kappa shape index (κ3) is 3.55. The normalized spacial score (nSPS) is 11.5. The van der Waals surface area contributed by atoms with Crippen LogP contribution in [-0.2, 0) is 6.54 Å². The van der Waals surface area contributed by atoms with E-state index in [0.717, 1.165) is 30.7 Å². The molecule has 3 heteroatoms. The second kappa shape index (κ2) is 7.83. The summed E-state index contributed by atoms with van der Waals surface area (Å²) in [6.07, 6.45) is 2.21. The lowest BCUT2D eigenvalue weighted by Crippen LogP contribution is -2.13. The van der Waals surface area contributed by atoms with Crippen LogP contribution in [0.2, 0.25) is 0 Å². The van der Waals surface area contributed by atoms with Crippen LogP contribution in [0.5, 0.6) is 5.75 Å². The van der Waals surface area contributed by atoms with E-state index in [1.165, 1.54) is 22.1 Å². The summed E-state index contributed by atoms with van der Waals surface area (Å²) in [6.45, 7) is 5.91. The third-order valence-corrected chi connectivity index (χ3v) is 5.34. The van der Waals surface area contributed by atoms with Gasteiger partial charge in [0.1, 0.15) is 18.2 Å². The Balaban J connectivity index is 1.56. The quantitative estimate of drug-likeness (QED) is 0.395. The van der Waals surface area contributed by atoms with Crippen LogP contribution in [0.25, 0.3) is 21.8 Å². The number of hydrogen-bond donors (Lipinski definition) is 0. The van der Waals surface area contributed by atoms with E-state index >= 15 is 0 Å². The molecule has 0 aliphatic carbocycles. The van der Waals surface area contributed by atoms with Gasteiger partial charge in [-0.15, -0.1) is 0 Å². The molecular formula is C24H26N2O. The highest BCUT2D eigenvalue weighted by Crippen LogP contribution is 2.27. The van der Waals surface area contributed by atoms with Crippen LogP contribution in [-0.4, -0.2) is 16.2 Å². The van der Waals surface area contributed by atoms with Gasteiger partial charge in [-0.2, -0.15) is 0 Å². The average Bonchev–Trinajstić information content (AvgIpc) is 3.07. The zero-order valence-electron chi connectivity index (χ0n) is 16.1. The van der Waals surface area contributed by atoms with E-state index in [0.29, 0.717) is 12.5 Å². The van der Waals surface area contributed by atoms with Gasteiger partial charge in [0.15, 0.2) is 0 Å². The van der Waals surface area contributed by atoms with Gasteiger partial charge in [0, 0.05) is 5.92 Å². The molecular weight excluding hydrogens is 332 g/mol. The monoisotopic (exact) mass is 358 g/mol. The summed E-state index contributed by atoms with van der Waals surface area (Å²) < 4.78 is 8.43. The molecule has 1 heterocycles. The lowest BCUT2D eigenvalue weighted by atomic mass is 10.0. The molecule has 0 saturated heterocycles. The van der Waals surface area contributed by atoms with Gasteiger partial charge in [-0.05, 0) is 47.9 Å². The van der Waals surface area contributed by atoms with Crippen molar-refractivity contribution in [3.63, 3.8) is 0 Å². The van der Waals surface area contributed by atoms with E-state index in [9.17, 15) is 0 Å². The molecule has 0 spiro atoms. The molecule has 3 nitrogen and oxygen atoms in total. The first-order valence-electron chi connectivity index (χ1n) is 9.87. The number of hydrogen-bond acceptors (Lipinski definition) is 2. The fourth-order valence-corrected chi connectivity index (χ4v) is 3.81. The third-order valence-electron chi connectivity index (χ3n) is 5.34. The molecule has 4 aromatic rings. The van der Waals surface area contributed by atoms with E-state index < -0.39 is 0 Å². The Hall–Kier alpha value is -2.81. The van der Waals surface area contributed by atoms with E-state index in [2.05, 4.69) is 85.1 Å². The van der Waals surface area contributed by atoms with Crippen molar-refractivity contribution in [3.8, 4) is 5.75 Å². The van der Waals surface area contributed by atoms with E-state index in [4.69, 9.17) is 9.72 Å². The summed E-state index contributed by atoms with van der Waals surface area (Å²) in [6, 6.07) is 23.1. The van der Waals surface area contributed by atoms with Gasteiger partial charge < -0.3 is 9.30 Å². The first-order valence-corrected chi connectivity index (χ1v) is 9.87. The smallest absolute Gasteiger partial charge is 0.120 e. The summed E-state index contributed by atoms with van der Waals surface area (Å²) in [5, 5.41) is 2.45. The maximum atomic E-state index is 6.09. The fourth-order valence-electron chi connectivity index (χ4n) is 3.81. The Labute approximate surface area is 160 Å². The molecule has 4 rings (SSSR count). The molecule has 0 radical (unpaired) electrons. The Kier molecular flexibility index (Phi) is 5.10. The molecule has 0 aliphatic rings. The van der Waals surface area contributed by atoms with Gasteiger partial charge in [-0.25, -0.2) is 4.98 Å². The summed E-state index contributed by atoms with van der Waals surface area (Å²) in [5.41, 5.74) is 2.27. The summed E-state index contributed by atoms with van der Waals surface area (Å²) >= 11 is 0. The second-order valence-corrected chi connectivity index (χ2v) is 6.98. The predicted octanol–water partition coefficient (Wildman–Crippen LogP) is 6.17. The van der Waals surface area contributed by atoms with Crippen molar-refractivity contribution < 1.29 is 4.74 Å². The molecule has 1 aromatic heterocycles. The maximum absolute atomic E-state index is 6.09. The highest BCUT2D eigenvalue weighted by Gasteiger charge is 2.17. The van der Waals surface area contributed by atoms with E-state index in [1.54, 1.807) is 0 Å². The Morgan fingerprint density at radius 3 is 2.44 bits per heavy atom. The van der Waals surface area contributed by atoms with Gasteiger partial charge in [-0.3, -0.25) is 0 Å². The van der Waals surface area contributed by atoms with Crippen molar-refractivity contribution in [2.75, 3.05) is 6.61 Å². The molecule has 138 valence electrons. The first-order chi connectivity index (χ1) is 13.3. The van der Waals surface area contributed by atoms with Crippen LogP contribution in [0, 0.1) is 0 Å².